The van der Waals surface area contributed by atoms with E-state index in [1.807, 2.05) is 6.07 Å². The van der Waals surface area contributed by atoms with Crippen LogP contribution < -0.4 is 0 Å². The summed E-state index contributed by atoms with van der Waals surface area (Å²) >= 11 is 1.30. The number of hydrogen-bond acceptors (Lipinski definition) is 4. The van der Waals surface area contributed by atoms with Gasteiger partial charge in [0.2, 0.25) is 0 Å². The zero-order valence-electron chi connectivity index (χ0n) is 10.2. The van der Waals surface area contributed by atoms with Crippen LogP contribution in [0, 0.1) is 5.82 Å². The van der Waals surface area contributed by atoms with Crippen molar-refractivity contribution in [3.8, 4) is 0 Å². The van der Waals surface area contributed by atoms with Crippen LogP contribution in [0.1, 0.15) is 10.8 Å². The molecule has 1 aromatic carbocycles. The second-order valence-corrected chi connectivity index (χ2v) is 4.94. The van der Waals surface area contributed by atoms with Crippen molar-refractivity contribution in [2.24, 2.45) is 0 Å². The van der Waals surface area contributed by atoms with Crippen molar-refractivity contribution in [3.05, 3.63) is 60.2 Å². The van der Waals surface area contributed by atoms with E-state index in [2.05, 4.69) is 4.98 Å². The number of ether oxygens (including phenoxy) is 1. The smallest absolute Gasteiger partial charge is 0.323 e. The van der Waals surface area contributed by atoms with Crippen LogP contribution in [-0.4, -0.2) is 18.1 Å². The minimum atomic E-state index is -0.510. The molecule has 3 nitrogen and oxygen atoms in total. The first kappa shape index (κ1) is 13.5. The minimum Gasteiger partial charge on any atom is -0.468 e. The maximum Gasteiger partial charge on any atom is 0.323 e. The highest BCUT2D eigenvalue weighted by molar-refractivity contribution is 8.00. The fourth-order valence-corrected chi connectivity index (χ4v) is 2.57. The van der Waals surface area contributed by atoms with E-state index in [-0.39, 0.29) is 11.8 Å². The molecular formula is C14H12FNO2S. The van der Waals surface area contributed by atoms with Crippen molar-refractivity contribution in [2.45, 2.75) is 10.1 Å². The van der Waals surface area contributed by atoms with Crippen LogP contribution in [0.4, 0.5) is 4.39 Å². The predicted molar refractivity (Wildman–Crippen MR) is 71.3 cm³/mol. The molecule has 1 unspecified atom stereocenters. The van der Waals surface area contributed by atoms with Gasteiger partial charge in [0.1, 0.15) is 11.1 Å². The molecule has 2 rings (SSSR count). The maximum atomic E-state index is 12.9. The molecule has 5 heteroatoms. The SMILES string of the molecule is COC(=O)C(Sc1ccc(F)cc1)c1cccnc1. The van der Waals surface area contributed by atoms with Gasteiger partial charge in [-0.3, -0.25) is 9.78 Å². The van der Waals surface area contributed by atoms with Gasteiger partial charge in [-0.2, -0.15) is 0 Å². The third-order valence-electron chi connectivity index (χ3n) is 2.47. The molecule has 0 aliphatic heterocycles. The molecule has 0 radical (unpaired) electrons. The molecule has 0 fully saturated rings. The minimum absolute atomic E-state index is 0.305. The number of carbonyl (C=O) groups excluding carboxylic acids is 1. The molecule has 19 heavy (non-hydrogen) atoms. The Morgan fingerprint density at radius 1 is 1.32 bits per heavy atom. The van der Waals surface area contributed by atoms with Crippen LogP contribution in [0.2, 0.25) is 0 Å². The largest absolute Gasteiger partial charge is 0.468 e. The first-order chi connectivity index (χ1) is 9.20. The molecule has 1 atom stereocenters. The lowest BCUT2D eigenvalue weighted by Gasteiger charge is -2.14. The van der Waals surface area contributed by atoms with E-state index in [0.717, 1.165) is 10.5 Å². The Hall–Kier alpha value is -1.88. The lowest BCUT2D eigenvalue weighted by molar-refractivity contribution is -0.140. The van der Waals surface area contributed by atoms with E-state index in [4.69, 9.17) is 4.74 Å². The van der Waals surface area contributed by atoms with Crippen LogP contribution in [0.3, 0.4) is 0 Å². The van der Waals surface area contributed by atoms with Crippen LogP contribution in [-0.2, 0) is 9.53 Å². The summed E-state index contributed by atoms with van der Waals surface area (Å²) in [6.07, 6.45) is 3.26. The van der Waals surface area contributed by atoms with E-state index >= 15 is 0 Å². The number of pyridine rings is 1. The Bertz CT molecular complexity index is 545. The van der Waals surface area contributed by atoms with Crippen molar-refractivity contribution < 1.29 is 13.9 Å². The fourth-order valence-electron chi connectivity index (χ4n) is 1.54. The normalized spacial score (nSPS) is 11.9. The Kier molecular flexibility index (Phi) is 4.52. The van der Waals surface area contributed by atoms with E-state index in [1.54, 1.807) is 30.6 Å². The average molecular weight is 277 g/mol. The molecule has 98 valence electrons. The van der Waals surface area contributed by atoms with Gasteiger partial charge in [0.25, 0.3) is 0 Å². The number of halogens is 1. The number of methoxy groups -OCH3 is 1. The molecule has 1 heterocycles. The number of nitrogens with zero attached hydrogens (tertiary/aromatic N) is 1. The summed E-state index contributed by atoms with van der Waals surface area (Å²) in [6, 6.07) is 9.56. The monoisotopic (exact) mass is 277 g/mol. The highest BCUT2D eigenvalue weighted by Crippen LogP contribution is 2.35. The van der Waals surface area contributed by atoms with E-state index < -0.39 is 5.25 Å². The van der Waals surface area contributed by atoms with Crippen LogP contribution in [0.25, 0.3) is 0 Å². The van der Waals surface area contributed by atoms with Crippen LogP contribution in [0.15, 0.2) is 53.7 Å². The molecule has 0 bridgehead atoms. The van der Waals surface area contributed by atoms with Crippen LogP contribution >= 0.6 is 11.8 Å². The Morgan fingerprint density at radius 2 is 2.05 bits per heavy atom. The highest BCUT2D eigenvalue weighted by Gasteiger charge is 2.22. The van der Waals surface area contributed by atoms with E-state index in [1.165, 1.54) is 31.0 Å². The van der Waals surface area contributed by atoms with Gasteiger partial charge < -0.3 is 4.74 Å². The van der Waals surface area contributed by atoms with Gasteiger partial charge in [-0.1, -0.05) is 6.07 Å². The molecule has 0 saturated carbocycles. The topological polar surface area (TPSA) is 39.2 Å². The number of rotatable bonds is 4. The van der Waals surface area contributed by atoms with Gasteiger partial charge in [0.05, 0.1) is 7.11 Å². The standard InChI is InChI=1S/C14H12FNO2S/c1-18-14(17)13(10-3-2-8-16-9-10)19-12-6-4-11(15)5-7-12/h2-9,13H,1H3. The third kappa shape index (κ3) is 3.54. The summed E-state index contributed by atoms with van der Waals surface area (Å²) in [5.74, 6) is -0.664. The number of benzene rings is 1. The van der Waals surface area contributed by atoms with Crippen molar-refractivity contribution in [3.63, 3.8) is 0 Å². The molecule has 0 spiro atoms. The molecular weight excluding hydrogens is 265 g/mol. The van der Waals surface area contributed by atoms with Gasteiger partial charge in [0.15, 0.2) is 0 Å². The summed E-state index contributed by atoms with van der Waals surface area (Å²) in [6.45, 7) is 0. The number of esters is 1. The molecule has 0 aliphatic carbocycles. The van der Waals surface area contributed by atoms with Crippen molar-refractivity contribution >= 4 is 17.7 Å². The fraction of sp³-hybridized carbons (Fsp3) is 0.143. The zero-order valence-corrected chi connectivity index (χ0v) is 11.1. The van der Waals surface area contributed by atoms with Crippen molar-refractivity contribution in [2.75, 3.05) is 7.11 Å². The molecule has 0 N–H and O–H groups in total. The molecule has 1 aromatic heterocycles. The number of thioether (sulfide) groups is 1. The molecule has 0 saturated heterocycles. The lowest BCUT2D eigenvalue weighted by atomic mass is 10.2. The summed E-state index contributed by atoms with van der Waals surface area (Å²) in [7, 11) is 1.34. The molecule has 2 aromatic rings. The Morgan fingerprint density at radius 3 is 2.63 bits per heavy atom. The van der Waals surface area contributed by atoms with Crippen LogP contribution in [0.5, 0.6) is 0 Å². The summed E-state index contributed by atoms with van der Waals surface area (Å²) < 4.78 is 17.7. The van der Waals surface area contributed by atoms with E-state index in [0.29, 0.717) is 0 Å². The van der Waals surface area contributed by atoms with Gasteiger partial charge in [-0.15, -0.1) is 11.8 Å². The first-order valence-electron chi connectivity index (χ1n) is 5.60. The van der Waals surface area contributed by atoms with Crippen molar-refractivity contribution in [1.82, 2.24) is 4.98 Å². The summed E-state index contributed by atoms with van der Waals surface area (Å²) in [4.78, 5) is 16.6. The van der Waals surface area contributed by atoms with Gasteiger partial charge in [-0.05, 0) is 35.9 Å². The number of hydrogen-bond donors (Lipinski definition) is 0. The second-order valence-electron chi connectivity index (χ2n) is 3.76. The van der Waals surface area contributed by atoms with Crippen molar-refractivity contribution in [1.29, 1.82) is 0 Å². The van der Waals surface area contributed by atoms with E-state index in [9.17, 15) is 9.18 Å². The average Bonchev–Trinajstić information content (AvgIpc) is 2.47. The lowest BCUT2D eigenvalue weighted by Crippen LogP contribution is -2.11. The summed E-state index contributed by atoms with van der Waals surface area (Å²) in [5.41, 5.74) is 0.753. The second kappa shape index (κ2) is 6.33. The highest BCUT2D eigenvalue weighted by atomic mass is 32.2. The zero-order chi connectivity index (χ0) is 13.7. The summed E-state index contributed by atoms with van der Waals surface area (Å²) in [5, 5.41) is -0.510. The third-order valence-corrected chi connectivity index (χ3v) is 3.71. The Labute approximate surface area is 114 Å². The van der Waals surface area contributed by atoms with Gasteiger partial charge in [-0.25, -0.2) is 4.39 Å². The molecule has 0 amide bonds. The number of carbonyl (C=O) groups is 1. The quantitative estimate of drug-likeness (QED) is 0.635. The Balaban J connectivity index is 2.24. The van der Waals surface area contributed by atoms with Gasteiger partial charge in [0, 0.05) is 17.3 Å². The molecule has 0 aliphatic rings. The first-order valence-corrected chi connectivity index (χ1v) is 6.48. The number of aromatic nitrogens is 1. The van der Waals surface area contributed by atoms with Gasteiger partial charge >= 0.3 is 5.97 Å². The predicted octanol–water partition coefficient (Wildman–Crippen LogP) is 3.23. The maximum absolute atomic E-state index is 12.9.